The highest BCUT2D eigenvalue weighted by Gasteiger charge is 2.27. The van der Waals surface area contributed by atoms with Crippen molar-refractivity contribution in [1.82, 2.24) is 0 Å². The molecule has 0 unspecified atom stereocenters. The van der Waals surface area contributed by atoms with Gasteiger partial charge in [-0.25, -0.2) is 0 Å². The van der Waals surface area contributed by atoms with Crippen LogP contribution in [0.15, 0.2) is 54.6 Å². The number of fused-ring (bicyclic) bond motifs is 1. The fourth-order valence-electron chi connectivity index (χ4n) is 4.35. The lowest BCUT2D eigenvalue weighted by molar-refractivity contribution is -0.140. The number of methoxy groups -OCH3 is 1. The van der Waals surface area contributed by atoms with Gasteiger partial charge in [-0.1, -0.05) is 43.3 Å². The van der Waals surface area contributed by atoms with Crippen LogP contribution in [-0.4, -0.2) is 19.2 Å². The highest BCUT2D eigenvalue weighted by Crippen LogP contribution is 2.41. The van der Waals surface area contributed by atoms with Crippen molar-refractivity contribution < 1.29 is 14.3 Å². The molecule has 0 aromatic heterocycles. The van der Waals surface area contributed by atoms with E-state index in [-0.39, 0.29) is 12.1 Å². The van der Waals surface area contributed by atoms with Gasteiger partial charge in [0.25, 0.3) is 0 Å². The number of carbonyl (C=O) groups excluding carboxylic acids is 1. The van der Waals surface area contributed by atoms with Gasteiger partial charge in [0.1, 0.15) is 11.9 Å². The molecule has 0 aliphatic heterocycles. The summed E-state index contributed by atoms with van der Waals surface area (Å²) in [5.74, 6) is 1.06. The first kappa shape index (κ1) is 20.3. The molecule has 0 radical (unpaired) electrons. The number of rotatable bonds is 6. The zero-order chi connectivity index (χ0) is 21.1. The van der Waals surface area contributed by atoms with Crippen LogP contribution in [0.1, 0.15) is 38.2 Å². The van der Waals surface area contributed by atoms with E-state index in [9.17, 15) is 4.79 Å². The minimum Gasteiger partial charge on any atom is -0.487 e. The van der Waals surface area contributed by atoms with Gasteiger partial charge in [0, 0.05) is 12.0 Å². The highest BCUT2D eigenvalue weighted by atomic mass is 16.5. The zero-order valence-electron chi connectivity index (χ0n) is 17.7. The van der Waals surface area contributed by atoms with Gasteiger partial charge in [0.05, 0.1) is 12.8 Å². The van der Waals surface area contributed by atoms with Crippen molar-refractivity contribution >= 4 is 22.4 Å². The molecule has 4 rings (SSSR count). The molecule has 4 nitrogen and oxygen atoms in total. The lowest BCUT2D eigenvalue weighted by atomic mass is 9.96. The molecule has 30 heavy (non-hydrogen) atoms. The Morgan fingerprint density at radius 2 is 1.87 bits per heavy atom. The molecule has 0 heterocycles. The quantitative estimate of drug-likeness (QED) is 0.420. The Kier molecular flexibility index (Phi) is 5.93. The van der Waals surface area contributed by atoms with Crippen LogP contribution in [0.4, 0.5) is 5.69 Å². The van der Waals surface area contributed by atoms with Crippen molar-refractivity contribution in [3.05, 3.63) is 60.2 Å². The number of hydrogen-bond acceptors (Lipinski definition) is 4. The molecule has 0 spiro atoms. The minimum atomic E-state index is -0.221. The third-order valence-electron chi connectivity index (χ3n) is 6.14. The maximum Gasteiger partial charge on any atom is 0.305 e. The second-order valence-corrected chi connectivity index (χ2v) is 8.26. The van der Waals surface area contributed by atoms with E-state index in [1.165, 1.54) is 30.7 Å². The maximum atomic E-state index is 11.6. The third-order valence-corrected chi connectivity index (χ3v) is 6.14. The Bertz CT molecular complexity index is 1060. The standard InChI is InChI=1S/C26H29NO3/c1-17-6-5-9-24(17)30-26-22(14-18(15-23(26)27)10-13-25(28)29-2)21-12-11-19-7-3-4-8-20(19)16-21/h3-4,7-8,11-12,14-17,24H,5-6,9-10,13,27H2,1-2H3/t17-,24+/m0/s1. The van der Waals surface area contributed by atoms with E-state index in [0.29, 0.717) is 24.4 Å². The van der Waals surface area contributed by atoms with Gasteiger partial charge in [0.15, 0.2) is 0 Å². The van der Waals surface area contributed by atoms with Gasteiger partial charge < -0.3 is 15.2 Å². The molecule has 1 fully saturated rings. The van der Waals surface area contributed by atoms with Crippen molar-refractivity contribution in [2.24, 2.45) is 5.92 Å². The van der Waals surface area contributed by atoms with E-state index in [0.717, 1.165) is 28.9 Å². The molecule has 1 aliphatic carbocycles. The van der Waals surface area contributed by atoms with E-state index in [2.05, 4.69) is 43.3 Å². The fourth-order valence-corrected chi connectivity index (χ4v) is 4.35. The molecule has 1 saturated carbocycles. The number of esters is 1. The number of carbonyl (C=O) groups is 1. The normalized spacial score (nSPS) is 18.5. The number of benzene rings is 3. The van der Waals surface area contributed by atoms with Gasteiger partial charge in [-0.2, -0.15) is 0 Å². The van der Waals surface area contributed by atoms with Gasteiger partial charge >= 0.3 is 5.97 Å². The van der Waals surface area contributed by atoms with E-state index < -0.39 is 0 Å². The van der Waals surface area contributed by atoms with Crippen LogP contribution < -0.4 is 10.5 Å². The molecule has 2 N–H and O–H groups in total. The Labute approximate surface area is 178 Å². The van der Waals surface area contributed by atoms with E-state index in [4.69, 9.17) is 15.2 Å². The number of hydrogen-bond donors (Lipinski definition) is 1. The summed E-state index contributed by atoms with van der Waals surface area (Å²) in [5, 5.41) is 2.37. The van der Waals surface area contributed by atoms with Crippen LogP contribution in [0.25, 0.3) is 21.9 Å². The Balaban J connectivity index is 1.76. The number of anilines is 1. The first-order valence-electron chi connectivity index (χ1n) is 10.7. The zero-order valence-corrected chi connectivity index (χ0v) is 17.7. The van der Waals surface area contributed by atoms with Gasteiger partial charge in [0.2, 0.25) is 0 Å². The SMILES string of the molecule is COC(=O)CCc1cc(N)c(O[C@@H]2CCC[C@@H]2C)c(-c2ccc3ccccc3c2)c1. The fraction of sp³-hybridized carbons (Fsp3) is 0.346. The summed E-state index contributed by atoms with van der Waals surface area (Å²) in [4.78, 5) is 11.6. The summed E-state index contributed by atoms with van der Waals surface area (Å²) in [6.07, 6.45) is 4.53. The predicted octanol–water partition coefficient (Wildman–Crippen LogP) is 5.76. The molecular formula is C26H29NO3. The molecule has 156 valence electrons. The van der Waals surface area contributed by atoms with Crippen LogP contribution in [0, 0.1) is 5.92 Å². The van der Waals surface area contributed by atoms with Crippen LogP contribution in [0.2, 0.25) is 0 Å². The second kappa shape index (κ2) is 8.78. The molecule has 3 aromatic rings. The molecule has 0 bridgehead atoms. The Hall–Kier alpha value is -3.01. The van der Waals surface area contributed by atoms with E-state index in [1.54, 1.807) is 0 Å². The summed E-state index contributed by atoms with van der Waals surface area (Å²) in [6.45, 7) is 2.24. The topological polar surface area (TPSA) is 61.5 Å². The van der Waals surface area contributed by atoms with Crippen molar-refractivity contribution in [1.29, 1.82) is 0 Å². The lowest BCUT2D eigenvalue weighted by Gasteiger charge is -2.23. The van der Waals surface area contributed by atoms with Gasteiger partial charge in [-0.3, -0.25) is 4.79 Å². The summed E-state index contributed by atoms with van der Waals surface area (Å²) >= 11 is 0. The second-order valence-electron chi connectivity index (χ2n) is 8.26. The number of ether oxygens (including phenoxy) is 2. The largest absolute Gasteiger partial charge is 0.487 e. The molecule has 0 saturated heterocycles. The maximum absolute atomic E-state index is 11.6. The van der Waals surface area contributed by atoms with Crippen LogP contribution in [-0.2, 0) is 16.0 Å². The van der Waals surface area contributed by atoms with Crippen LogP contribution >= 0.6 is 0 Å². The van der Waals surface area contributed by atoms with Crippen molar-refractivity contribution in [2.75, 3.05) is 12.8 Å². The minimum absolute atomic E-state index is 0.187. The molecule has 0 amide bonds. The van der Waals surface area contributed by atoms with Crippen LogP contribution in [0.3, 0.4) is 0 Å². The van der Waals surface area contributed by atoms with E-state index >= 15 is 0 Å². The average Bonchev–Trinajstić information content (AvgIpc) is 3.17. The van der Waals surface area contributed by atoms with Crippen molar-refractivity contribution in [3.8, 4) is 16.9 Å². The summed E-state index contributed by atoms with van der Waals surface area (Å²) in [7, 11) is 1.41. The first-order chi connectivity index (χ1) is 14.5. The van der Waals surface area contributed by atoms with Gasteiger partial charge in [-0.05, 0) is 71.7 Å². The summed E-state index contributed by atoms with van der Waals surface area (Å²) in [5.41, 5.74) is 10.2. The Morgan fingerprint density at radius 1 is 1.07 bits per heavy atom. The summed E-state index contributed by atoms with van der Waals surface area (Å²) in [6, 6.07) is 18.8. The lowest BCUT2D eigenvalue weighted by Crippen LogP contribution is -2.20. The molecular weight excluding hydrogens is 374 g/mol. The molecule has 3 aromatic carbocycles. The molecule has 2 atom stereocenters. The number of aryl methyl sites for hydroxylation is 1. The smallest absolute Gasteiger partial charge is 0.305 e. The van der Waals surface area contributed by atoms with Gasteiger partial charge in [-0.15, -0.1) is 0 Å². The summed E-state index contributed by atoms with van der Waals surface area (Å²) < 4.78 is 11.3. The van der Waals surface area contributed by atoms with Crippen molar-refractivity contribution in [3.63, 3.8) is 0 Å². The third kappa shape index (κ3) is 4.28. The average molecular weight is 404 g/mol. The molecule has 4 heteroatoms. The van der Waals surface area contributed by atoms with Crippen molar-refractivity contribution in [2.45, 2.75) is 45.1 Å². The predicted molar refractivity (Wildman–Crippen MR) is 122 cm³/mol. The molecule has 1 aliphatic rings. The first-order valence-corrected chi connectivity index (χ1v) is 10.7. The Morgan fingerprint density at radius 3 is 2.60 bits per heavy atom. The number of nitrogen functional groups attached to an aromatic ring is 1. The number of nitrogens with two attached hydrogens (primary N) is 1. The van der Waals surface area contributed by atoms with E-state index in [1.807, 2.05) is 18.2 Å². The highest BCUT2D eigenvalue weighted by molar-refractivity contribution is 5.89. The van der Waals surface area contributed by atoms with Crippen LogP contribution in [0.5, 0.6) is 5.75 Å². The monoisotopic (exact) mass is 403 g/mol.